The highest BCUT2D eigenvalue weighted by Gasteiger charge is 2.55. The number of sulfone groups is 1. The molecule has 5 rings (SSSR count). The van der Waals surface area contributed by atoms with Crippen LogP contribution in [0.15, 0.2) is 17.5 Å². The maximum atomic E-state index is 11.7. The first-order valence-electron chi connectivity index (χ1n) is 10.1. The van der Waals surface area contributed by atoms with Crippen molar-refractivity contribution in [2.24, 2.45) is 5.16 Å². The molecule has 28 heavy (non-hydrogen) atoms. The van der Waals surface area contributed by atoms with Crippen molar-refractivity contribution in [2.45, 2.75) is 63.6 Å². The molecular weight excluding hydrogens is 378 g/mol. The van der Waals surface area contributed by atoms with Gasteiger partial charge in [-0.3, -0.25) is 0 Å². The molecule has 0 aromatic carbocycles. The molecule has 2 aromatic rings. The number of oxime groups is 1. The van der Waals surface area contributed by atoms with Crippen molar-refractivity contribution in [1.82, 2.24) is 14.8 Å². The molecule has 1 saturated heterocycles. The van der Waals surface area contributed by atoms with Crippen LogP contribution in [0.2, 0.25) is 0 Å². The Morgan fingerprint density at radius 3 is 2.75 bits per heavy atom. The average molecular weight is 404 g/mol. The van der Waals surface area contributed by atoms with Crippen LogP contribution in [-0.4, -0.2) is 52.0 Å². The Labute approximate surface area is 164 Å². The molecule has 0 unspecified atom stereocenters. The van der Waals surface area contributed by atoms with Gasteiger partial charge >= 0.3 is 0 Å². The third-order valence-electron chi connectivity index (χ3n) is 6.04. The lowest BCUT2D eigenvalue weighted by Gasteiger charge is -2.34. The van der Waals surface area contributed by atoms with Gasteiger partial charge in [0.1, 0.15) is 0 Å². The summed E-state index contributed by atoms with van der Waals surface area (Å²) in [5.74, 6) is 0.0870. The third-order valence-corrected chi connectivity index (χ3v) is 7.97. The number of aryl methyl sites for hydroxylation is 1. The van der Waals surface area contributed by atoms with Gasteiger partial charge in [0.2, 0.25) is 0 Å². The first-order chi connectivity index (χ1) is 13.5. The lowest BCUT2D eigenvalue weighted by atomic mass is 9.93. The van der Waals surface area contributed by atoms with E-state index in [1.165, 1.54) is 19.3 Å². The molecule has 8 nitrogen and oxygen atoms in total. The van der Waals surface area contributed by atoms with Crippen LogP contribution in [0.3, 0.4) is 0 Å². The summed E-state index contributed by atoms with van der Waals surface area (Å²) in [7, 11) is -2.99. The van der Waals surface area contributed by atoms with Crippen molar-refractivity contribution >= 4 is 32.3 Å². The van der Waals surface area contributed by atoms with Crippen LogP contribution in [0.5, 0.6) is 0 Å². The van der Waals surface area contributed by atoms with Gasteiger partial charge in [-0.15, -0.1) is 0 Å². The lowest BCUT2D eigenvalue weighted by Crippen LogP contribution is -2.54. The van der Waals surface area contributed by atoms with Gasteiger partial charge in [-0.1, -0.05) is 24.4 Å². The molecular formula is C19H25N5O3S. The zero-order chi connectivity index (χ0) is 19.4. The fraction of sp³-hybridized carbons (Fsp3) is 0.632. The van der Waals surface area contributed by atoms with E-state index in [-0.39, 0.29) is 11.5 Å². The molecule has 0 amide bonds. The molecule has 4 heterocycles. The van der Waals surface area contributed by atoms with Gasteiger partial charge in [0.25, 0.3) is 0 Å². The van der Waals surface area contributed by atoms with Crippen LogP contribution in [0, 0.1) is 0 Å². The predicted octanol–water partition coefficient (Wildman–Crippen LogP) is 2.49. The fourth-order valence-electron chi connectivity index (χ4n) is 4.66. The van der Waals surface area contributed by atoms with E-state index < -0.39 is 15.4 Å². The van der Waals surface area contributed by atoms with Crippen LogP contribution in [0.1, 0.15) is 51.0 Å². The second-order valence-electron chi connectivity index (χ2n) is 8.25. The zero-order valence-electron chi connectivity index (χ0n) is 16.0. The van der Waals surface area contributed by atoms with Crippen LogP contribution < -0.4 is 5.32 Å². The van der Waals surface area contributed by atoms with Crippen molar-refractivity contribution in [1.29, 1.82) is 0 Å². The minimum absolute atomic E-state index is 0.0435. The summed E-state index contributed by atoms with van der Waals surface area (Å²) in [5.41, 5.74) is 2.84. The van der Waals surface area contributed by atoms with E-state index in [0.29, 0.717) is 12.5 Å². The lowest BCUT2D eigenvalue weighted by molar-refractivity contribution is 0.00610. The van der Waals surface area contributed by atoms with Gasteiger partial charge < -0.3 is 10.2 Å². The molecule has 1 saturated carbocycles. The van der Waals surface area contributed by atoms with Crippen molar-refractivity contribution in [3.63, 3.8) is 0 Å². The Bertz CT molecular complexity index is 1040. The van der Waals surface area contributed by atoms with Gasteiger partial charge in [-0.05, 0) is 19.8 Å². The molecule has 150 valence electrons. The van der Waals surface area contributed by atoms with Crippen LogP contribution >= 0.6 is 0 Å². The Balaban J connectivity index is 1.52. The first-order valence-corrected chi connectivity index (χ1v) is 11.9. The van der Waals surface area contributed by atoms with Crippen molar-refractivity contribution < 1.29 is 13.3 Å². The van der Waals surface area contributed by atoms with E-state index in [9.17, 15) is 8.42 Å². The highest BCUT2D eigenvalue weighted by Crippen LogP contribution is 2.39. The molecule has 2 fully saturated rings. The van der Waals surface area contributed by atoms with E-state index >= 15 is 0 Å². The standard InChI is InChI=1S/C19H25N5O3S/c1-2-24-18-15(10-21-24)17(22-13-6-4-3-5-7-13)14(9-20-18)16-8-19(27-23-16)11-28(25,26)12-19/h9-10,13H,2-8,11-12H2,1H3,(H,20,22). The maximum Gasteiger partial charge on any atom is 0.171 e. The highest BCUT2D eigenvalue weighted by atomic mass is 32.2. The number of fused-ring (bicyclic) bond motifs is 1. The van der Waals surface area contributed by atoms with E-state index in [1.807, 2.05) is 24.0 Å². The second-order valence-corrected chi connectivity index (χ2v) is 10.3. The Morgan fingerprint density at radius 2 is 2.04 bits per heavy atom. The summed E-state index contributed by atoms with van der Waals surface area (Å²) in [6, 6.07) is 0.420. The molecule has 0 bridgehead atoms. The molecule has 2 aromatic heterocycles. The minimum atomic E-state index is -2.99. The molecule has 0 atom stereocenters. The number of rotatable bonds is 4. The van der Waals surface area contributed by atoms with Crippen molar-refractivity contribution in [3.8, 4) is 0 Å². The quantitative estimate of drug-likeness (QED) is 0.842. The predicted molar refractivity (Wildman–Crippen MR) is 107 cm³/mol. The number of pyridine rings is 1. The Morgan fingerprint density at radius 1 is 1.25 bits per heavy atom. The molecule has 9 heteroatoms. The van der Waals surface area contributed by atoms with Crippen LogP contribution in [-0.2, 0) is 21.2 Å². The van der Waals surface area contributed by atoms with Gasteiger partial charge in [-0.2, -0.15) is 5.10 Å². The van der Waals surface area contributed by atoms with Gasteiger partial charge in [-0.25, -0.2) is 18.1 Å². The monoisotopic (exact) mass is 403 g/mol. The minimum Gasteiger partial charge on any atom is -0.386 e. The smallest absolute Gasteiger partial charge is 0.171 e. The number of hydrogen-bond donors (Lipinski definition) is 1. The zero-order valence-corrected chi connectivity index (χ0v) is 16.8. The summed E-state index contributed by atoms with van der Waals surface area (Å²) in [5, 5.41) is 13.5. The maximum absolute atomic E-state index is 11.7. The molecule has 1 N–H and O–H groups in total. The number of anilines is 1. The number of hydrogen-bond acceptors (Lipinski definition) is 7. The van der Waals surface area contributed by atoms with E-state index in [4.69, 9.17) is 4.84 Å². The number of aromatic nitrogens is 3. The second kappa shape index (κ2) is 6.43. The Hall–Kier alpha value is -2.16. The first kappa shape index (κ1) is 17.9. The van der Waals surface area contributed by atoms with Gasteiger partial charge in [0.05, 0.1) is 34.5 Å². The molecule has 1 aliphatic carbocycles. The summed E-state index contributed by atoms with van der Waals surface area (Å²) in [4.78, 5) is 10.2. The van der Waals surface area contributed by atoms with Crippen LogP contribution in [0.4, 0.5) is 5.69 Å². The van der Waals surface area contributed by atoms with Gasteiger partial charge in [0, 0.05) is 30.8 Å². The topological polar surface area (TPSA) is 98.5 Å². The number of nitrogens with one attached hydrogen (secondary N) is 1. The van der Waals surface area contributed by atoms with E-state index in [0.717, 1.165) is 47.4 Å². The van der Waals surface area contributed by atoms with Crippen molar-refractivity contribution in [3.05, 3.63) is 18.0 Å². The largest absolute Gasteiger partial charge is 0.386 e. The SMILES string of the molecule is CCn1ncc2c(NC3CCCCC3)c(C3=NOC4(C3)CS(=O)(=O)C4)cnc21. The summed E-state index contributed by atoms with van der Waals surface area (Å²) < 4.78 is 25.2. The Kier molecular flexibility index (Phi) is 4.12. The average Bonchev–Trinajstić information content (AvgIpc) is 3.26. The molecule has 3 aliphatic rings. The number of nitrogens with zero attached hydrogens (tertiary/aromatic N) is 4. The molecule has 0 radical (unpaired) electrons. The van der Waals surface area contributed by atoms with E-state index in [2.05, 4.69) is 20.6 Å². The highest BCUT2D eigenvalue weighted by molar-refractivity contribution is 7.93. The fourth-order valence-corrected chi connectivity index (χ4v) is 6.49. The summed E-state index contributed by atoms with van der Waals surface area (Å²) in [6.07, 6.45) is 10.3. The molecule has 2 aliphatic heterocycles. The van der Waals surface area contributed by atoms with E-state index in [1.54, 1.807) is 0 Å². The van der Waals surface area contributed by atoms with Gasteiger partial charge in [0.15, 0.2) is 21.1 Å². The van der Waals surface area contributed by atoms with Crippen molar-refractivity contribution in [2.75, 3.05) is 16.8 Å². The summed E-state index contributed by atoms with van der Waals surface area (Å²) in [6.45, 7) is 2.80. The third kappa shape index (κ3) is 2.96. The normalized spacial score (nSPS) is 23.4. The van der Waals surface area contributed by atoms with Crippen LogP contribution in [0.25, 0.3) is 11.0 Å². The molecule has 1 spiro atoms. The summed E-state index contributed by atoms with van der Waals surface area (Å²) >= 11 is 0.